The van der Waals surface area contributed by atoms with E-state index in [4.69, 9.17) is 0 Å². The topological polar surface area (TPSA) is 105 Å². The van der Waals surface area contributed by atoms with E-state index in [-0.39, 0.29) is 36.4 Å². The van der Waals surface area contributed by atoms with E-state index in [2.05, 4.69) is 10.6 Å². The van der Waals surface area contributed by atoms with Gasteiger partial charge in [-0.2, -0.15) is 0 Å². The minimum Gasteiger partial charge on any atom is -0.352 e. The Morgan fingerprint density at radius 1 is 1.30 bits per heavy atom. The van der Waals surface area contributed by atoms with Gasteiger partial charge in [0.05, 0.1) is 18.0 Å². The lowest BCUT2D eigenvalue weighted by Gasteiger charge is -2.16. The van der Waals surface area contributed by atoms with Crippen molar-refractivity contribution in [1.29, 1.82) is 0 Å². The molecule has 0 unspecified atom stereocenters. The van der Waals surface area contributed by atoms with Crippen LogP contribution in [0.4, 0.5) is 11.4 Å². The summed E-state index contributed by atoms with van der Waals surface area (Å²) in [6.07, 6.45) is 2.01. The van der Waals surface area contributed by atoms with Crippen LogP contribution in [0.5, 0.6) is 0 Å². The summed E-state index contributed by atoms with van der Waals surface area (Å²) in [7, 11) is 1.65. The van der Waals surface area contributed by atoms with Gasteiger partial charge >= 0.3 is 0 Å². The number of amides is 2. The standard InChI is InChI=1S/C15H20N4O4/c1-10-4-3-5-12(19(22)23)15(10)17-14(21)9-18(2)8-13(20)16-11-6-7-11/h3-5,11H,6-9H2,1-2H3,(H,16,20)(H,17,21). The zero-order valence-electron chi connectivity index (χ0n) is 13.2. The van der Waals surface area contributed by atoms with Gasteiger partial charge in [-0.25, -0.2) is 0 Å². The number of anilines is 1. The summed E-state index contributed by atoms with van der Waals surface area (Å²) in [6, 6.07) is 4.88. The minimum atomic E-state index is -0.532. The van der Waals surface area contributed by atoms with Crippen LogP contribution >= 0.6 is 0 Å². The Hall–Kier alpha value is -2.48. The summed E-state index contributed by atoms with van der Waals surface area (Å²) in [5, 5.41) is 16.4. The van der Waals surface area contributed by atoms with Crippen molar-refractivity contribution in [2.75, 3.05) is 25.5 Å². The fourth-order valence-corrected chi connectivity index (χ4v) is 2.19. The van der Waals surface area contributed by atoms with Crippen LogP contribution in [-0.2, 0) is 9.59 Å². The van der Waals surface area contributed by atoms with Crippen LogP contribution in [0.3, 0.4) is 0 Å². The Morgan fingerprint density at radius 3 is 2.57 bits per heavy atom. The molecule has 0 saturated heterocycles. The molecule has 124 valence electrons. The number of hydrogen-bond donors (Lipinski definition) is 2. The predicted octanol–water partition coefficient (Wildman–Crippen LogP) is 1.05. The normalized spacial score (nSPS) is 13.7. The molecular formula is C15H20N4O4. The summed E-state index contributed by atoms with van der Waals surface area (Å²) in [5.74, 6) is -0.520. The lowest BCUT2D eigenvalue weighted by Crippen LogP contribution is -2.39. The number of nitrogens with one attached hydrogen (secondary N) is 2. The van der Waals surface area contributed by atoms with Crippen molar-refractivity contribution in [3.8, 4) is 0 Å². The van der Waals surface area contributed by atoms with Crippen molar-refractivity contribution < 1.29 is 14.5 Å². The SMILES string of the molecule is Cc1cccc([N+](=O)[O-])c1NC(=O)CN(C)CC(=O)NC1CC1. The fraction of sp³-hybridized carbons (Fsp3) is 0.467. The number of aryl methyl sites for hydroxylation is 1. The van der Waals surface area contributed by atoms with Crippen molar-refractivity contribution in [1.82, 2.24) is 10.2 Å². The van der Waals surface area contributed by atoms with E-state index < -0.39 is 10.8 Å². The van der Waals surface area contributed by atoms with Gasteiger partial charge in [-0.1, -0.05) is 12.1 Å². The number of nitro benzene ring substituents is 1. The van der Waals surface area contributed by atoms with Crippen LogP contribution in [0, 0.1) is 17.0 Å². The zero-order valence-corrected chi connectivity index (χ0v) is 13.2. The van der Waals surface area contributed by atoms with Gasteiger partial charge in [0, 0.05) is 12.1 Å². The fourth-order valence-electron chi connectivity index (χ4n) is 2.19. The molecule has 0 radical (unpaired) electrons. The van der Waals surface area contributed by atoms with E-state index in [1.165, 1.54) is 6.07 Å². The zero-order chi connectivity index (χ0) is 17.0. The van der Waals surface area contributed by atoms with Gasteiger partial charge in [-0.15, -0.1) is 0 Å². The first-order chi connectivity index (χ1) is 10.9. The molecule has 0 atom stereocenters. The average Bonchev–Trinajstić information content (AvgIpc) is 3.24. The van der Waals surface area contributed by atoms with Crippen LogP contribution in [0.15, 0.2) is 18.2 Å². The molecule has 8 heteroatoms. The van der Waals surface area contributed by atoms with Gasteiger partial charge in [0.15, 0.2) is 0 Å². The number of para-hydroxylation sites is 1. The summed E-state index contributed by atoms with van der Waals surface area (Å²) in [5.41, 5.74) is 0.660. The maximum Gasteiger partial charge on any atom is 0.293 e. The molecule has 0 aromatic heterocycles. The average molecular weight is 320 g/mol. The first-order valence-corrected chi connectivity index (χ1v) is 7.38. The Bertz CT molecular complexity index is 628. The molecule has 1 aromatic rings. The Balaban J connectivity index is 1.91. The molecule has 1 aliphatic rings. The lowest BCUT2D eigenvalue weighted by atomic mass is 10.1. The molecule has 0 aliphatic heterocycles. The summed E-state index contributed by atoms with van der Waals surface area (Å²) < 4.78 is 0. The third kappa shape index (κ3) is 5.03. The minimum absolute atomic E-state index is 0.0242. The van der Waals surface area contributed by atoms with Gasteiger partial charge in [0.25, 0.3) is 5.69 Å². The van der Waals surface area contributed by atoms with E-state index in [1.807, 2.05) is 0 Å². The third-order valence-electron chi connectivity index (χ3n) is 3.48. The maximum absolute atomic E-state index is 12.1. The Morgan fingerprint density at radius 2 is 1.96 bits per heavy atom. The van der Waals surface area contributed by atoms with E-state index >= 15 is 0 Å². The lowest BCUT2D eigenvalue weighted by molar-refractivity contribution is -0.384. The van der Waals surface area contributed by atoms with Crippen molar-refractivity contribution in [2.24, 2.45) is 0 Å². The largest absolute Gasteiger partial charge is 0.352 e. The molecule has 0 bridgehead atoms. The molecule has 2 amide bonds. The smallest absolute Gasteiger partial charge is 0.293 e. The van der Waals surface area contributed by atoms with Crippen LogP contribution in [0.25, 0.3) is 0 Å². The quantitative estimate of drug-likeness (QED) is 0.577. The summed E-state index contributed by atoms with van der Waals surface area (Å²) in [6.45, 7) is 1.78. The molecule has 8 nitrogen and oxygen atoms in total. The van der Waals surface area contributed by atoms with Crippen LogP contribution in [0.1, 0.15) is 18.4 Å². The number of carbonyl (C=O) groups excluding carboxylic acids is 2. The predicted molar refractivity (Wildman–Crippen MR) is 85.1 cm³/mol. The van der Waals surface area contributed by atoms with E-state index in [0.29, 0.717) is 5.56 Å². The van der Waals surface area contributed by atoms with Gasteiger partial charge in [-0.3, -0.25) is 24.6 Å². The summed E-state index contributed by atoms with van der Waals surface area (Å²) >= 11 is 0. The number of carbonyl (C=O) groups is 2. The number of benzene rings is 1. The molecule has 0 heterocycles. The van der Waals surface area contributed by atoms with Crippen molar-refractivity contribution in [3.05, 3.63) is 33.9 Å². The summed E-state index contributed by atoms with van der Waals surface area (Å²) in [4.78, 5) is 35.8. The van der Waals surface area contributed by atoms with E-state index in [1.54, 1.807) is 31.0 Å². The molecule has 1 aliphatic carbocycles. The molecule has 23 heavy (non-hydrogen) atoms. The maximum atomic E-state index is 12.1. The number of nitro groups is 1. The molecule has 1 fully saturated rings. The Labute approximate surface area is 134 Å². The number of rotatable bonds is 7. The highest BCUT2D eigenvalue weighted by atomic mass is 16.6. The number of hydrogen-bond acceptors (Lipinski definition) is 5. The molecular weight excluding hydrogens is 300 g/mol. The highest BCUT2D eigenvalue weighted by Crippen LogP contribution is 2.27. The second kappa shape index (κ2) is 7.19. The first-order valence-electron chi connectivity index (χ1n) is 7.38. The molecule has 2 rings (SSSR count). The van der Waals surface area contributed by atoms with E-state index in [9.17, 15) is 19.7 Å². The van der Waals surface area contributed by atoms with Crippen molar-refractivity contribution in [3.63, 3.8) is 0 Å². The molecule has 2 N–H and O–H groups in total. The van der Waals surface area contributed by atoms with Crippen molar-refractivity contribution >= 4 is 23.2 Å². The first kappa shape index (κ1) is 16.9. The molecule has 1 aromatic carbocycles. The second-order valence-electron chi connectivity index (χ2n) is 5.79. The van der Waals surface area contributed by atoms with Gasteiger partial charge in [0.1, 0.15) is 5.69 Å². The highest BCUT2D eigenvalue weighted by Gasteiger charge is 2.24. The van der Waals surface area contributed by atoms with E-state index in [0.717, 1.165) is 12.8 Å². The van der Waals surface area contributed by atoms with Crippen LogP contribution < -0.4 is 10.6 Å². The van der Waals surface area contributed by atoms with Gasteiger partial charge in [0.2, 0.25) is 11.8 Å². The highest BCUT2D eigenvalue weighted by molar-refractivity contribution is 5.95. The number of likely N-dealkylation sites (N-methyl/N-ethyl adjacent to an activating group) is 1. The third-order valence-corrected chi connectivity index (χ3v) is 3.48. The van der Waals surface area contributed by atoms with Crippen LogP contribution in [-0.4, -0.2) is 47.8 Å². The monoisotopic (exact) mass is 320 g/mol. The van der Waals surface area contributed by atoms with Crippen molar-refractivity contribution in [2.45, 2.75) is 25.8 Å². The van der Waals surface area contributed by atoms with Crippen LogP contribution in [0.2, 0.25) is 0 Å². The Kier molecular flexibility index (Phi) is 5.28. The molecule has 1 saturated carbocycles. The molecule has 0 spiro atoms. The number of nitrogens with zero attached hydrogens (tertiary/aromatic N) is 2. The second-order valence-corrected chi connectivity index (χ2v) is 5.79. The van der Waals surface area contributed by atoms with Gasteiger partial charge < -0.3 is 10.6 Å². The van der Waals surface area contributed by atoms with Gasteiger partial charge in [-0.05, 0) is 32.4 Å².